The lowest BCUT2D eigenvalue weighted by Crippen LogP contribution is -2.48. The number of benzene rings is 1. The summed E-state index contributed by atoms with van der Waals surface area (Å²) in [5.41, 5.74) is 3.42. The Morgan fingerprint density at radius 3 is 2.28 bits per heavy atom. The van der Waals surface area contributed by atoms with Gasteiger partial charge in [-0.25, -0.2) is 9.59 Å². The van der Waals surface area contributed by atoms with Crippen molar-refractivity contribution in [3.63, 3.8) is 0 Å². The van der Waals surface area contributed by atoms with Crippen molar-refractivity contribution >= 4 is 39.7 Å². The molecule has 9 heteroatoms. The van der Waals surface area contributed by atoms with Crippen molar-refractivity contribution in [1.82, 2.24) is 10.6 Å². The fourth-order valence-electron chi connectivity index (χ4n) is 4.31. The fraction of sp³-hybridized carbons (Fsp3) is 0.481. The van der Waals surface area contributed by atoms with E-state index in [4.69, 9.17) is 8.83 Å². The zero-order valence-electron chi connectivity index (χ0n) is 21.8. The Morgan fingerprint density at radius 2 is 1.69 bits per heavy atom. The van der Waals surface area contributed by atoms with Crippen LogP contribution in [0.3, 0.4) is 0 Å². The molecule has 0 saturated carbocycles. The van der Waals surface area contributed by atoms with Crippen LogP contribution in [-0.4, -0.2) is 35.5 Å². The van der Waals surface area contributed by atoms with Gasteiger partial charge in [-0.05, 0) is 43.2 Å². The van der Waals surface area contributed by atoms with Crippen LogP contribution in [0.4, 0.5) is 0 Å². The third-order valence-corrected chi connectivity index (χ3v) is 6.45. The van der Waals surface area contributed by atoms with Gasteiger partial charge < -0.3 is 24.6 Å². The van der Waals surface area contributed by atoms with Gasteiger partial charge in [0.1, 0.15) is 17.2 Å². The van der Waals surface area contributed by atoms with Gasteiger partial charge in [-0.1, -0.05) is 34.6 Å². The van der Waals surface area contributed by atoms with Gasteiger partial charge in [0.25, 0.3) is 0 Å². The van der Waals surface area contributed by atoms with E-state index in [1.165, 1.54) is 0 Å². The molecule has 0 aliphatic heterocycles. The maximum absolute atomic E-state index is 12.8. The van der Waals surface area contributed by atoms with Crippen LogP contribution in [0.1, 0.15) is 63.3 Å². The molecule has 3 N–H and O–H groups in total. The van der Waals surface area contributed by atoms with E-state index in [-0.39, 0.29) is 30.7 Å². The summed E-state index contributed by atoms with van der Waals surface area (Å²) in [4.78, 5) is 48.4. The van der Waals surface area contributed by atoms with Crippen LogP contribution >= 0.6 is 0 Å². The highest BCUT2D eigenvalue weighted by atomic mass is 16.4. The molecular weight excluding hydrogens is 464 g/mol. The Morgan fingerprint density at radius 1 is 1.03 bits per heavy atom. The van der Waals surface area contributed by atoms with E-state index in [0.717, 1.165) is 27.5 Å². The monoisotopic (exact) mass is 498 g/mol. The zero-order valence-corrected chi connectivity index (χ0v) is 21.8. The number of hydrogen-bond acceptors (Lipinski definition) is 6. The first-order chi connectivity index (χ1) is 16.7. The number of fused-ring (bicyclic) bond motifs is 2. The number of hydrogen-bond donors (Lipinski definition) is 3. The summed E-state index contributed by atoms with van der Waals surface area (Å²) >= 11 is 0. The molecule has 3 aromatic rings. The number of aryl methyl sites for hydroxylation is 2. The molecule has 36 heavy (non-hydrogen) atoms. The second-order valence-corrected chi connectivity index (χ2v) is 10.6. The Bertz CT molecular complexity index is 1390. The molecular formula is C27H34N2O7. The highest BCUT2D eigenvalue weighted by molar-refractivity contribution is 6.00. The van der Waals surface area contributed by atoms with Crippen LogP contribution < -0.4 is 16.3 Å². The molecule has 194 valence electrons. The van der Waals surface area contributed by atoms with Crippen molar-refractivity contribution in [3.05, 3.63) is 45.0 Å². The van der Waals surface area contributed by atoms with Crippen LogP contribution in [0.5, 0.6) is 0 Å². The molecule has 2 aromatic heterocycles. The number of carboxylic acids is 1. The lowest BCUT2D eigenvalue weighted by Gasteiger charge is -2.18. The molecule has 2 amide bonds. The van der Waals surface area contributed by atoms with Crippen LogP contribution in [0.15, 0.2) is 26.0 Å². The van der Waals surface area contributed by atoms with Crippen LogP contribution in [0.2, 0.25) is 0 Å². The van der Waals surface area contributed by atoms with Crippen molar-refractivity contribution in [3.8, 4) is 0 Å². The lowest BCUT2D eigenvalue weighted by molar-refractivity contribution is -0.143. The topological polar surface area (TPSA) is 139 Å². The Labute approximate surface area is 209 Å². The first-order valence-electron chi connectivity index (χ1n) is 12.0. The minimum absolute atomic E-state index is 0.0307. The molecule has 0 spiro atoms. The van der Waals surface area contributed by atoms with Crippen LogP contribution in [0, 0.1) is 19.8 Å². The highest BCUT2D eigenvalue weighted by Crippen LogP contribution is 2.37. The van der Waals surface area contributed by atoms with Crippen LogP contribution in [0.25, 0.3) is 21.9 Å². The van der Waals surface area contributed by atoms with Crippen molar-refractivity contribution in [2.45, 2.75) is 72.8 Å². The molecule has 0 fully saturated rings. The molecule has 0 aliphatic carbocycles. The van der Waals surface area contributed by atoms with E-state index in [2.05, 4.69) is 31.4 Å². The molecule has 1 atom stereocenters. The number of nitrogens with one attached hydrogen (secondary N) is 2. The second kappa shape index (κ2) is 10.2. The van der Waals surface area contributed by atoms with E-state index in [1.54, 1.807) is 20.1 Å². The summed E-state index contributed by atoms with van der Waals surface area (Å²) in [6.45, 7) is 13.0. The standard InChI is InChI=1S/C27H34N2O7/c1-13(2)22(25(32)33)29-21(31)11-28-20(30)9-8-16-14(3)17-10-18-19(27(5,6)7)12-35-23(18)15(4)24(17)36-26(16)34/h10,12-13,22H,8-9,11H2,1-7H3,(H,28,30)(H,29,31)(H,32,33)/t22-/m0/s1. The molecule has 3 rings (SSSR count). The van der Waals surface area contributed by atoms with E-state index in [0.29, 0.717) is 16.7 Å². The van der Waals surface area contributed by atoms with Gasteiger partial charge in [0.05, 0.1) is 12.8 Å². The number of aliphatic carboxylic acids is 1. The van der Waals surface area contributed by atoms with E-state index in [9.17, 15) is 24.3 Å². The van der Waals surface area contributed by atoms with Gasteiger partial charge in [0.2, 0.25) is 11.8 Å². The van der Waals surface area contributed by atoms with Gasteiger partial charge in [-0.3, -0.25) is 9.59 Å². The number of carboxylic acid groups (broad SMARTS) is 1. The molecule has 0 bridgehead atoms. The second-order valence-electron chi connectivity index (χ2n) is 10.6. The normalized spacial score (nSPS) is 12.8. The minimum atomic E-state index is -1.14. The smallest absolute Gasteiger partial charge is 0.339 e. The van der Waals surface area contributed by atoms with Gasteiger partial charge in [-0.15, -0.1) is 0 Å². The summed E-state index contributed by atoms with van der Waals surface area (Å²) < 4.78 is 11.5. The molecule has 0 unspecified atom stereocenters. The Kier molecular flexibility index (Phi) is 7.62. The van der Waals surface area contributed by atoms with Crippen LogP contribution in [-0.2, 0) is 26.2 Å². The van der Waals surface area contributed by atoms with E-state index < -0.39 is 29.5 Å². The number of carbonyl (C=O) groups excluding carboxylic acids is 2. The number of furan rings is 1. The minimum Gasteiger partial charge on any atom is -0.480 e. The molecule has 0 saturated heterocycles. The maximum Gasteiger partial charge on any atom is 0.339 e. The highest BCUT2D eigenvalue weighted by Gasteiger charge is 2.25. The number of amides is 2. The van der Waals surface area contributed by atoms with Crippen molar-refractivity contribution in [2.24, 2.45) is 5.92 Å². The van der Waals surface area contributed by atoms with E-state index >= 15 is 0 Å². The third-order valence-electron chi connectivity index (χ3n) is 6.45. The number of rotatable bonds is 8. The summed E-state index contributed by atoms with van der Waals surface area (Å²) in [6, 6.07) is 0.935. The third kappa shape index (κ3) is 5.45. The van der Waals surface area contributed by atoms with E-state index in [1.807, 2.05) is 19.9 Å². The predicted molar refractivity (Wildman–Crippen MR) is 136 cm³/mol. The van der Waals surface area contributed by atoms with Gasteiger partial charge in [0.15, 0.2) is 0 Å². The predicted octanol–water partition coefficient (Wildman–Crippen LogP) is 3.73. The summed E-state index contributed by atoms with van der Waals surface area (Å²) in [5, 5.41) is 15.8. The molecule has 2 heterocycles. The molecule has 0 radical (unpaired) electrons. The van der Waals surface area contributed by atoms with Crippen molar-refractivity contribution in [2.75, 3.05) is 6.54 Å². The Balaban J connectivity index is 1.78. The van der Waals surface area contributed by atoms with Crippen molar-refractivity contribution in [1.29, 1.82) is 0 Å². The fourth-order valence-corrected chi connectivity index (χ4v) is 4.31. The molecule has 9 nitrogen and oxygen atoms in total. The van der Waals surface area contributed by atoms with Crippen molar-refractivity contribution < 1.29 is 28.3 Å². The largest absolute Gasteiger partial charge is 0.480 e. The SMILES string of the molecule is Cc1c(CCC(=O)NCC(=O)N[C@H](C(=O)O)C(C)C)c(=O)oc2c(C)c3occ(C(C)(C)C)c3cc12. The zero-order chi connectivity index (χ0) is 26.9. The summed E-state index contributed by atoms with van der Waals surface area (Å²) in [5.74, 6) is -2.47. The lowest BCUT2D eigenvalue weighted by atomic mass is 9.86. The van der Waals surface area contributed by atoms with Gasteiger partial charge in [0, 0.05) is 33.9 Å². The number of carbonyl (C=O) groups is 3. The average Bonchev–Trinajstić information content (AvgIpc) is 3.21. The summed E-state index contributed by atoms with van der Waals surface area (Å²) in [7, 11) is 0. The molecule has 1 aromatic carbocycles. The quantitative estimate of drug-likeness (QED) is 0.402. The Hall–Kier alpha value is -3.62. The maximum atomic E-state index is 12.8. The summed E-state index contributed by atoms with van der Waals surface area (Å²) in [6.07, 6.45) is 1.85. The average molecular weight is 499 g/mol. The first kappa shape index (κ1) is 27.0. The van der Waals surface area contributed by atoms with Gasteiger partial charge >= 0.3 is 11.6 Å². The molecule has 0 aliphatic rings. The first-order valence-corrected chi connectivity index (χ1v) is 12.0. The van der Waals surface area contributed by atoms with Gasteiger partial charge in [-0.2, -0.15) is 0 Å².